The molecule has 0 aromatic rings. The molecule has 5 aliphatic heterocycles. The number of carbonyl (C=O) groups excluding carboxylic acids is 3. The Kier molecular flexibility index (Phi) is 26.7. The molecule has 9 fully saturated rings. The van der Waals surface area contributed by atoms with E-state index in [1.165, 1.54) is 0 Å². The van der Waals surface area contributed by atoms with E-state index < -0.39 is 6.29 Å². The molecule has 13 atom stereocenters. The molecule has 9 aliphatic rings. The van der Waals surface area contributed by atoms with Gasteiger partial charge in [-0.3, -0.25) is 14.4 Å². The molecule has 0 aromatic heterocycles. The zero-order valence-electron chi connectivity index (χ0n) is 45.6. The molecule has 0 radical (unpaired) electrons. The van der Waals surface area contributed by atoms with E-state index in [1.807, 2.05) is 62.5 Å². The monoisotopic (exact) mass is 1050 g/mol. The minimum Gasteiger partial charge on any atom is -0.393 e. The van der Waals surface area contributed by atoms with E-state index in [-0.39, 0.29) is 78.5 Å². The molecule has 0 bridgehead atoms. The summed E-state index contributed by atoms with van der Waals surface area (Å²) < 4.78 is 53.1. The van der Waals surface area contributed by atoms with Crippen molar-refractivity contribution in [1.82, 2.24) is 0 Å². The van der Waals surface area contributed by atoms with Crippen LogP contribution in [-0.2, 0) is 61.8 Å². The predicted molar refractivity (Wildman–Crippen MR) is 284 cm³/mol. The van der Waals surface area contributed by atoms with Crippen molar-refractivity contribution >= 4 is 17.3 Å². The highest BCUT2D eigenvalue weighted by Gasteiger charge is 2.42. The number of aliphatic hydroxyl groups excluding tert-OH is 2. The number of hydrogen-bond donors (Lipinski definition) is 2. The first-order chi connectivity index (χ1) is 36.1. The van der Waals surface area contributed by atoms with Crippen molar-refractivity contribution in [2.75, 3.05) is 66.1 Å². The van der Waals surface area contributed by atoms with Crippen molar-refractivity contribution < 1.29 is 72.0 Å². The molecule has 4 aliphatic carbocycles. The first-order valence-electron chi connectivity index (χ1n) is 27.3. The summed E-state index contributed by atoms with van der Waals surface area (Å²) in [6.07, 6.45) is 18.2. The van der Waals surface area contributed by atoms with Crippen LogP contribution in [0.25, 0.3) is 0 Å². The van der Waals surface area contributed by atoms with Crippen molar-refractivity contribution in [2.24, 2.45) is 65.1 Å². The Morgan fingerprint density at radius 1 is 0.640 bits per heavy atom. The average molecular weight is 1050 g/mol. The Bertz CT molecular complexity index is 1990. The van der Waals surface area contributed by atoms with Gasteiger partial charge >= 0.3 is 0 Å². The van der Waals surface area contributed by atoms with Gasteiger partial charge in [-0.25, -0.2) is 0 Å². The van der Waals surface area contributed by atoms with E-state index in [1.54, 1.807) is 0 Å². The third-order valence-electron chi connectivity index (χ3n) is 15.4. The number of Topliss-reactive ketones (excluding diaryl/α,β-unsaturated/α-hetero) is 3. The van der Waals surface area contributed by atoms with Crippen LogP contribution in [0.2, 0.25) is 0 Å². The largest absolute Gasteiger partial charge is 0.393 e. The topological polar surface area (TPSA) is 184 Å². The van der Waals surface area contributed by atoms with Gasteiger partial charge < -0.3 is 57.6 Å². The fourth-order valence-electron chi connectivity index (χ4n) is 11.5. The summed E-state index contributed by atoms with van der Waals surface area (Å²) in [6, 6.07) is 0. The van der Waals surface area contributed by atoms with Crippen LogP contribution in [0.4, 0.5) is 0 Å². The van der Waals surface area contributed by atoms with Crippen LogP contribution < -0.4 is 0 Å². The summed E-state index contributed by atoms with van der Waals surface area (Å²) >= 11 is 0. The number of carbonyl (C=O) groups is 3. The van der Waals surface area contributed by atoms with Crippen molar-refractivity contribution in [3.63, 3.8) is 0 Å². The molecule has 15 heteroatoms. The van der Waals surface area contributed by atoms with Crippen LogP contribution in [0, 0.1) is 76.9 Å². The van der Waals surface area contributed by atoms with Gasteiger partial charge in [-0.05, 0) is 96.7 Å². The van der Waals surface area contributed by atoms with E-state index in [4.69, 9.17) is 47.4 Å². The molecular formula is C60H88O15. The molecule has 0 amide bonds. The minimum absolute atomic E-state index is 0.0561. The Morgan fingerprint density at radius 3 is 1.72 bits per heavy atom. The Hall–Kier alpha value is -3.73. The summed E-state index contributed by atoms with van der Waals surface area (Å²) in [7, 11) is 0. The molecular weight excluding hydrogens is 961 g/mol. The van der Waals surface area contributed by atoms with Crippen LogP contribution in [0.3, 0.4) is 0 Å². The van der Waals surface area contributed by atoms with Gasteiger partial charge in [0, 0.05) is 55.4 Å². The second-order valence-corrected chi connectivity index (χ2v) is 21.0. The predicted octanol–water partition coefficient (Wildman–Crippen LogP) is 8.06. The summed E-state index contributed by atoms with van der Waals surface area (Å²) in [4.78, 5) is 34.9. The van der Waals surface area contributed by atoms with E-state index in [0.717, 1.165) is 30.4 Å². The maximum absolute atomic E-state index is 11.8. The average Bonchev–Trinajstić information content (AvgIpc) is 4.23. The van der Waals surface area contributed by atoms with Crippen LogP contribution in [-0.4, -0.2) is 137 Å². The summed E-state index contributed by atoms with van der Waals surface area (Å²) in [5.41, 5.74) is 1.81. The van der Waals surface area contributed by atoms with Gasteiger partial charge in [0.05, 0.1) is 78.3 Å². The van der Waals surface area contributed by atoms with Crippen molar-refractivity contribution in [1.29, 1.82) is 0 Å². The zero-order chi connectivity index (χ0) is 54.4. The van der Waals surface area contributed by atoms with Gasteiger partial charge in [-0.1, -0.05) is 71.1 Å². The zero-order valence-corrected chi connectivity index (χ0v) is 45.6. The number of ether oxygens (including phenoxy) is 10. The van der Waals surface area contributed by atoms with E-state index in [9.17, 15) is 24.6 Å². The van der Waals surface area contributed by atoms with Gasteiger partial charge in [0.2, 0.25) is 12.1 Å². The van der Waals surface area contributed by atoms with Gasteiger partial charge in [-0.2, -0.15) is 0 Å². The molecule has 0 spiro atoms. The molecule has 418 valence electrons. The maximum atomic E-state index is 11.8. The lowest BCUT2D eigenvalue weighted by molar-refractivity contribution is -0.125. The Morgan fingerprint density at radius 2 is 1.17 bits per heavy atom. The molecule has 15 nitrogen and oxygen atoms in total. The molecule has 5 heterocycles. The SMILES string of the molecule is C/C=C/[C@H](C)CC(=O)C#CC1OCCO1.C=C[C@@H]1/C(=C/C2OCCO2)C(=O)C[C@H]1C.C=C[C@@H]1/C(=C/C2OCCO2)[C@@H](O)C[C@H]1C.C=C[C@@H]1[C@@H](CC2OCCO2)[C@@H](O)C[C@H]1C.C=C[C@H]1[C@H](C)CC(=O)[C@@H]1CC1OCCO1. The van der Waals surface area contributed by atoms with Crippen LogP contribution in [0.1, 0.15) is 86.5 Å². The van der Waals surface area contributed by atoms with Crippen LogP contribution >= 0.6 is 0 Å². The van der Waals surface area contributed by atoms with Crippen molar-refractivity contribution in [3.05, 3.63) is 86.1 Å². The fraction of sp³-hybridized carbons (Fsp3) is 0.683. The van der Waals surface area contributed by atoms with Crippen molar-refractivity contribution in [2.45, 2.75) is 130 Å². The smallest absolute Gasteiger partial charge is 0.223 e. The van der Waals surface area contributed by atoms with Gasteiger partial charge in [0.15, 0.2) is 30.9 Å². The standard InChI is InChI=1S/C12H20O3.2C12H18O3.2C12H16O3/c4*1-3-9-8(2)6-11(13)10(9)7-12-14-4-5-15-12;1-3-4-10(2)9-11(13)5-6-12-14-7-8-15-12/h3,8-13H,1,4-7H2,2H3;3,8-10,12H,1,4-7H2,2H3;3,7-9,11-13H,1,4-6H2,2H3;3,7-9,12H,1,4-6H2,2H3;3-4,10,12H,7-9H2,1-2H3/b;;2*10-7-;4-3+/t8-,9+,10-,11+;8-,9+,10-;8-,9+,11+;8-,9+;10-/m11110/s1. The molecule has 0 unspecified atom stereocenters. The second kappa shape index (κ2) is 32.2. The number of ketones is 3. The molecule has 4 saturated carbocycles. The third kappa shape index (κ3) is 19.0. The third-order valence-corrected chi connectivity index (χ3v) is 15.4. The summed E-state index contributed by atoms with van der Waals surface area (Å²) in [5, 5.41) is 19.9. The second-order valence-electron chi connectivity index (χ2n) is 21.0. The van der Waals surface area contributed by atoms with E-state index in [2.05, 4.69) is 65.9 Å². The fourth-order valence-corrected chi connectivity index (χ4v) is 11.5. The summed E-state index contributed by atoms with van der Waals surface area (Å²) in [6.45, 7) is 34.0. The molecule has 5 saturated heterocycles. The quantitative estimate of drug-likeness (QED) is 0.0781. The Balaban J connectivity index is 0.000000173. The molecule has 9 rings (SSSR count). The number of aliphatic hydroxyl groups is 2. The lowest BCUT2D eigenvalue weighted by Gasteiger charge is -2.23. The Labute approximate surface area is 447 Å². The minimum atomic E-state index is -0.508. The number of allylic oxidation sites excluding steroid dienone is 7. The number of rotatable bonds is 13. The lowest BCUT2D eigenvalue weighted by atomic mass is 9.87. The maximum Gasteiger partial charge on any atom is 0.223 e. The lowest BCUT2D eigenvalue weighted by Crippen LogP contribution is -2.25. The molecule has 2 N–H and O–H groups in total. The normalized spacial score (nSPS) is 34.8. The first-order valence-corrected chi connectivity index (χ1v) is 27.3. The molecule has 0 aromatic carbocycles. The van der Waals surface area contributed by atoms with Crippen LogP contribution in [0.5, 0.6) is 0 Å². The van der Waals surface area contributed by atoms with Crippen molar-refractivity contribution in [3.8, 4) is 11.8 Å². The molecule has 75 heavy (non-hydrogen) atoms. The first kappa shape index (κ1) is 62.1. The highest BCUT2D eigenvalue weighted by molar-refractivity contribution is 5.99. The highest BCUT2D eigenvalue weighted by atomic mass is 16.7. The van der Waals surface area contributed by atoms with Gasteiger partial charge in [-0.15, -0.1) is 26.3 Å². The highest BCUT2D eigenvalue weighted by Crippen LogP contribution is 2.42. The van der Waals surface area contributed by atoms with Crippen LogP contribution in [0.15, 0.2) is 86.1 Å². The van der Waals surface area contributed by atoms with E-state index >= 15 is 0 Å². The van der Waals surface area contributed by atoms with Gasteiger partial charge in [0.1, 0.15) is 5.78 Å². The van der Waals surface area contributed by atoms with E-state index in [0.29, 0.717) is 133 Å². The summed E-state index contributed by atoms with van der Waals surface area (Å²) in [5.74, 6) is 9.06. The number of hydrogen-bond acceptors (Lipinski definition) is 15. The van der Waals surface area contributed by atoms with Gasteiger partial charge in [0.25, 0.3) is 0 Å².